The Morgan fingerprint density at radius 2 is 1.84 bits per heavy atom. The van der Waals surface area contributed by atoms with Crippen LogP contribution in [0.1, 0.15) is 12.5 Å². The Balaban J connectivity index is 2.17. The number of thiol groups is 1. The lowest BCUT2D eigenvalue weighted by atomic mass is 10.0. The van der Waals surface area contributed by atoms with Crippen LogP contribution in [0.4, 0.5) is 0 Å². The number of likely N-dealkylation sites (N-methyl/N-ethyl adjacent to an activating group) is 1. The molecule has 2 atom stereocenters. The van der Waals surface area contributed by atoms with Gasteiger partial charge in [0.25, 0.3) is 0 Å². The SMILES string of the molecule is CNC(=O)C(Cc1c[nH]c2ccccc12)NC(=O)C(CS)NC(C)=O. The molecule has 4 N–H and O–H groups in total. The van der Waals surface area contributed by atoms with Crippen molar-refractivity contribution < 1.29 is 14.4 Å². The van der Waals surface area contributed by atoms with E-state index in [9.17, 15) is 14.4 Å². The Morgan fingerprint density at radius 1 is 1.12 bits per heavy atom. The van der Waals surface area contributed by atoms with Crippen molar-refractivity contribution >= 4 is 41.3 Å². The largest absolute Gasteiger partial charge is 0.361 e. The summed E-state index contributed by atoms with van der Waals surface area (Å²) in [6, 6.07) is 6.19. The van der Waals surface area contributed by atoms with Crippen LogP contribution in [0, 0.1) is 0 Å². The standard InChI is InChI=1S/C17H22N4O3S/c1-10(22)20-15(9-25)17(24)21-14(16(23)18-2)7-11-8-19-13-6-4-3-5-12(11)13/h3-6,8,14-15,19,25H,7,9H2,1-2H3,(H,18,23)(H,20,22)(H,21,24). The Kier molecular flexibility index (Phi) is 6.46. The van der Waals surface area contributed by atoms with E-state index in [1.54, 1.807) is 0 Å². The molecule has 2 unspecified atom stereocenters. The molecule has 2 aromatic rings. The predicted molar refractivity (Wildman–Crippen MR) is 99.5 cm³/mol. The molecule has 1 aromatic heterocycles. The van der Waals surface area contributed by atoms with Gasteiger partial charge < -0.3 is 20.9 Å². The molecule has 2 rings (SSSR count). The zero-order chi connectivity index (χ0) is 18.4. The van der Waals surface area contributed by atoms with Gasteiger partial charge >= 0.3 is 0 Å². The molecule has 8 heteroatoms. The van der Waals surface area contributed by atoms with Gasteiger partial charge in [-0.2, -0.15) is 12.6 Å². The van der Waals surface area contributed by atoms with E-state index in [2.05, 4.69) is 33.6 Å². The number of H-pyrrole nitrogens is 1. The fourth-order valence-electron chi connectivity index (χ4n) is 2.62. The molecule has 134 valence electrons. The molecule has 0 bridgehead atoms. The number of fused-ring (bicyclic) bond motifs is 1. The number of rotatable bonds is 7. The van der Waals surface area contributed by atoms with Crippen LogP contribution in [0.3, 0.4) is 0 Å². The highest BCUT2D eigenvalue weighted by molar-refractivity contribution is 7.80. The molecular formula is C17H22N4O3S. The van der Waals surface area contributed by atoms with E-state index in [4.69, 9.17) is 0 Å². The quantitative estimate of drug-likeness (QED) is 0.460. The summed E-state index contributed by atoms with van der Waals surface area (Å²) in [7, 11) is 1.51. The van der Waals surface area contributed by atoms with Crippen LogP contribution in [-0.4, -0.2) is 47.6 Å². The van der Waals surface area contributed by atoms with Gasteiger partial charge in [-0.15, -0.1) is 0 Å². The fourth-order valence-corrected chi connectivity index (χ4v) is 2.87. The minimum absolute atomic E-state index is 0.138. The van der Waals surface area contributed by atoms with Crippen LogP contribution in [0.15, 0.2) is 30.5 Å². The second kappa shape index (κ2) is 8.57. The molecule has 25 heavy (non-hydrogen) atoms. The molecule has 0 aliphatic heterocycles. The van der Waals surface area contributed by atoms with Crippen LogP contribution in [0.2, 0.25) is 0 Å². The van der Waals surface area contributed by atoms with Crippen LogP contribution < -0.4 is 16.0 Å². The molecule has 1 heterocycles. The average Bonchev–Trinajstić information content (AvgIpc) is 3.01. The van der Waals surface area contributed by atoms with Gasteiger partial charge in [0.2, 0.25) is 17.7 Å². The van der Waals surface area contributed by atoms with Crippen LogP contribution in [-0.2, 0) is 20.8 Å². The van der Waals surface area contributed by atoms with Crippen molar-refractivity contribution in [3.8, 4) is 0 Å². The molecule has 0 aliphatic rings. The van der Waals surface area contributed by atoms with Crippen molar-refractivity contribution in [3.63, 3.8) is 0 Å². The highest BCUT2D eigenvalue weighted by Crippen LogP contribution is 2.19. The van der Waals surface area contributed by atoms with Gasteiger partial charge in [0.1, 0.15) is 12.1 Å². The van der Waals surface area contributed by atoms with E-state index < -0.39 is 18.0 Å². The molecule has 0 radical (unpaired) electrons. The molecule has 1 aromatic carbocycles. The monoisotopic (exact) mass is 362 g/mol. The van der Waals surface area contributed by atoms with Crippen molar-refractivity contribution in [2.24, 2.45) is 0 Å². The molecule has 3 amide bonds. The number of aromatic amines is 1. The highest BCUT2D eigenvalue weighted by Gasteiger charge is 2.25. The van der Waals surface area contributed by atoms with E-state index in [1.165, 1.54) is 14.0 Å². The number of para-hydroxylation sites is 1. The Hall–Kier alpha value is -2.48. The third kappa shape index (κ3) is 4.76. The van der Waals surface area contributed by atoms with E-state index in [1.807, 2.05) is 30.5 Å². The van der Waals surface area contributed by atoms with E-state index in [-0.39, 0.29) is 17.6 Å². The van der Waals surface area contributed by atoms with Gasteiger partial charge in [-0.25, -0.2) is 0 Å². The zero-order valence-corrected chi connectivity index (χ0v) is 15.0. The summed E-state index contributed by atoms with van der Waals surface area (Å²) >= 11 is 4.08. The van der Waals surface area contributed by atoms with Gasteiger partial charge in [-0.05, 0) is 11.6 Å². The molecular weight excluding hydrogens is 340 g/mol. The van der Waals surface area contributed by atoms with Gasteiger partial charge in [-0.3, -0.25) is 14.4 Å². The van der Waals surface area contributed by atoms with Crippen molar-refractivity contribution in [3.05, 3.63) is 36.0 Å². The summed E-state index contributed by atoms with van der Waals surface area (Å²) in [5.41, 5.74) is 1.89. The maximum Gasteiger partial charge on any atom is 0.244 e. The number of benzene rings is 1. The van der Waals surface area contributed by atoms with Crippen LogP contribution >= 0.6 is 12.6 Å². The first-order chi connectivity index (χ1) is 12.0. The first-order valence-corrected chi connectivity index (χ1v) is 8.54. The van der Waals surface area contributed by atoms with Crippen molar-refractivity contribution in [2.45, 2.75) is 25.4 Å². The number of carbonyl (C=O) groups is 3. The molecule has 0 aliphatic carbocycles. The number of aromatic nitrogens is 1. The third-order valence-electron chi connectivity index (χ3n) is 3.85. The maximum atomic E-state index is 12.4. The minimum Gasteiger partial charge on any atom is -0.361 e. The number of hydrogen-bond donors (Lipinski definition) is 5. The Morgan fingerprint density at radius 3 is 2.48 bits per heavy atom. The number of amides is 3. The third-order valence-corrected chi connectivity index (χ3v) is 4.22. The number of carbonyl (C=O) groups excluding carboxylic acids is 3. The van der Waals surface area contributed by atoms with E-state index in [0.717, 1.165) is 16.5 Å². The first kappa shape index (κ1) is 18.9. The van der Waals surface area contributed by atoms with Gasteiger partial charge in [0.15, 0.2) is 0 Å². The lowest BCUT2D eigenvalue weighted by molar-refractivity contribution is -0.131. The second-order valence-electron chi connectivity index (χ2n) is 5.67. The first-order valence-electron chi connectivity index (χ1n) is 7.91. The fraction of sp³-hybridized carbons (Fsp3) is 0.353. The van der Waals surface area contributed by atoms with Crippen molar-refractivity contribution in [2.75, 3.05) is 12.8 Å². The Bertz CT molecular complexity index is 774. The molecule has 7 nitrogen and oxygen atoms in total. The van der Waals surface area contributed by atoms with Crippen LogP contribution in [0.25, 0.3) is 10.9 Å². The second-order valence-corrected chi connectivity index (χ2v) is 6.04. The molecule has 0 saturated carbocycles. The lowest BCUT2D eigenvalue weighted by Gasteiger charge is -2.21. The summed E-state index contributed by atoms with van der Waals surface area (Å²) in [6.45, 7) is 1.33. The maximum absolute atomic E-state index is 12.4. The predicted octanol–water partition coefficient (Wildman–Crippen LogP) is 0.376. The topological polar surface area (TPSA) is 103 Å². The molecule has 0 fully saturated rings. The summed E-state index contributed by atoms with van der Waals surface area (Å²) in [6.07, 6.45) is 2.16. The lowest BCUT2D eigenvalue weighted by Crippen LogP contribution is -2.54. The van der Waals surface area contributed by atoms with E-state index >= 15 is 0 Å². The number of nitrogens with one attached hydrogen (secondary N) is 4. The smallest absolute Gasteiger partial charge is 0.244 e. The summed E-state index contributed by atoms with van der Waals surface area (Å²) < 4.78 is 0. The van der Waals surface area contributed by atoms with Crippen molar-refractivity contribution in [1.29, 1.82) is 0 Å². The van der Waals surface area contributed by atoms with Gasteiger partial charge in [0, 0.05) is 43.2 Å². The Labute approximate surface area is 151 Å². The minimum atomic E-state index is -0.795. The summed E-state index contributed by atoms with van der Waals surface area (Å²) in [5.74, 6) is -0.945. The number of hydrogen-bond acceptors (Lipinski definition) is 4. The molecule has 0 spiro atoms. The molecule has 0 saturated heterocycles. The van der Waals surface area contributed by atoms with Crippen molar-refractivity contribution in [1.82, 2.24) is 20.9 Å². The normalized spacial score (nSPS) is 13.1. The zero-order valence-electron chi connectivity index (χ0n) is 14.1. The summed E-state index contributed by atoms with van der Waals surface area (Å²) in [4.78, 5) is 38.9. The summed E-state index contributed by atoms with van der Waals surface area (Å²) in [5, 5.41) is 8.77. The van der Waals surface area contributed by atoms with E-state index in [0.29, 0.717) is 6.42 Å². The average molecular weight is 362 g/mol. The van der Waals surface area contributed by atoms with Gasteiger partial charge in [0.05, 0.1) is 0 Å². The highest BCUT2D eigenvalue weighted by atomic mass is 32.1. The van der Waals surface area contributed by atoms with Gasteiger partial charge in [-0.1, -0.05) is 18.2 Å². The van der Waals surface area contributed by atoms with Crippen LogP contribution in [0.5, 0.6) is 0 Å².